The van der Waals surface area contributed by atoms with E-state index in [4.69, 9.17) is 0 Å². The third kappa shape index (κ3) is 1.46. The minimum atomic E-state index is -0.0341. The molecule has 0 aliphatic rings. The van der Waals surface area contributed by atoms with Gasteiger partial charge < -0.3 is 0 Å². The maximum Gasteiger partial charge on any atom is 0.326 e. The highest BCUT2D eigenvalue weighted by atomic mass is 32.1. The number of aromatic nitrogens is 3. The first-order valence-electron chi connectivity index (χ1n) is 4.31. The topological polar surface area (TPSA) is 47.8 Å². The lowest BCUT2D eigenvalue weighted by atomic mass is 10.3. The van der Waals surface area contributed by atoms with E-state index in [-0.39, 0.29) is 4.87 Å². The molecule has 0 radical (unpaired) electrons. The quantitative estimate of drug-likeness (QED) is 0.747. The summed E-state index contributed by atoms with van der Waals surface area (Å²) in [5, 5.41) is 0. The summed E-state index contributed by atoms with van der Waals surface area (Å²) in [5.74, 6) is 0.656. The van der Waals surface area contributed by atoms with Gasteiger partial charge in [-0.05, 0) is 19.1 Å². The lowest BCUT2D eigenvalue weighted by molar-refractivity contribution is 0.746. The summed E-state index contributed by atoms with van der Waals surface area (Å²) >= 11 is 0.968. The standard InChI is InChI=1S/C9H9N3OS/c1-2-12-8(11-14-9(12)13)7-5-3-4-6-10-7/h3-6H,2H2,1H3. The van der Waals surface area contributed by atoms with E-state index in [9.17, 15) is 4.79 Å². The molecular weight excluding hydrogens is 198 g/mol. The van der Waals surface area contributed by atoms with Gasteiger partial charge in [0.25, 0.3) is 0 Å². The fourth-order valence-corrected chi connectivity index (χ4v) is 1.90. The smallest absolute Gasteiger partial charge is 0.281 e. The van der Waals surface area contributed by atoms with E-state index < -0.39 is 0 Å². The Hall–Kier alpha value is -1.49. The number of pyridine rings is 1. The van der Waals surface area contributed by atoms with E-state index in [1.165, 1.54) is 0 Å². The molecule has 5 heteroatoms. The summed E-state index contributed by atoms with van der Waals surface area (Å²) in [7, 11) is 0. The number of hydrogen-bond donors (Lipinski definition) is 0. The van der Waals surface area contributed by atoms with Crippen molar-refractivity contribution in [2.45, 2.75) is 13.5 Å². The van der Waals surface area contributed by atoms with Gasteiger partial charge in [0, 0.05) is 24.3 Å². The second kappa shape index (κ2) is 3.71. The van der Waals surface area contributed by atoms with Gasteiger partial charge in [-0.15, -0.1) is 0 Å². The zero-order valence-electron chi connectivity index (χ0n) is 7.67. The Bertz CT molecular complexity index is 474. The summed E-state index contributed by atoms with van der Waals surface area (Å²) < 4.78 is 5.70. The van der Waals surface area contributed by atoms with Crippen LogP contribution < -0.4 is 4.87 Å². The Morgan fingerprint density at radius 3 is 3.00 bits per heavy atom. The van der Waals surface area contributed by atoms with E-state index in [0.29, 0.717) is 12.4 Å². The third-order valence-corrected chi connectivity index (χ3v) is 2.54. The van der Waals surface area contributed by atoms with Gasteiger partial charge in [-0.3, -0.25) is 14.3 Å². The minimum absolute atomic E-state index is 0.0341. The fraction of sp³-hybridized carbons (Fsp3) is 0.222. The Morgan fingerprint density at radius 1 is 1.50 bits per heavy atom. The Labute approximate surface area is 85.0 Å². The van der Waals surface area contributed by atoms with Crippen molar-refractivity contribution in [3.05, 3.63) is 34.1 Å². The summed E-state index contributed by atoms with van der Waals surface area (Å²) in [6.07, 6.45) is 1.69. The van der Waals surface area contributed by atoms with Crippen molar-refractivity contribution in [3.63, 3.8) is 0 Å². The van der Waals surface area contributed by atoms with Crippen LogP contribution in [0, 0.1) is 0 Å². The number of hydrogen-bond acceptors (Lipinski definition) is 4. The molecule has 2 rings (SSSR count). The zero-order valence-corrected chi connectivity index (χ0v) is 8.49. The van der Waals surface area contributed by atoms with E-state index in [2.05, 4.69) is 9.36 Å². The first kappa shape index (κ1) is 9.08. The maximum atomic E-state index is 11.3. The summed E-state index contributed by atoms with van der Waals surface area (Å²) in [4.78, 5) is 15.5. The van der Waals surface area contributed by atoms with E-state index in [1.54, 1.807) is 10.8 Å². The summed E-state index contributed by atoms with van der Waals surface area (Å²) in [5.41, 5.74) is 0.743. The van der Waals surface area contributed by atoms with Crippen LogP contribution in [0.5, 0.6) is 0 Å². The van der Waals surface area contributed by atoms with Gasteiger partial charge in [0.15, 0.2) is 5.82 Å². The van der Waals surface area contributed by atoms with Crippen molar-refractivity contribution in [1.82, 2.24) is 13.9 Å². The molecule has 4 nitrogen and oxygen atoms in total. The lowest BCUT2D eigenvalue weighted by Gasteiger charge is -2.00. The number of rotatable bonds is 2. The van der Waals surface area contributed by atoms with Gasteiger partial charge in [0.05, 0.1) is 0 Å². The Balaban J connectivity index is 2.57. The van der Waals surface area contributed by atoms with Gasteiger partial charge in [-0.2, -0.15) is 4.37 Å². The molecule has 0 amide bonds. The molecule has 0 spiro atoms. The maximum absolute atomic E-state index is 11.3. The Morgan fingerprint density at radius 2 is 2.36 bits per heavy atom. The van der Waals surface area contributed by atoms with E-state index in [0.717, 1.165) is 17.2 Å². The van der Waals surface area contributed by atoms with Crippen LogP contribution in [0.2, 0.25) is 0 Å². The first-order chi connectivity index (χ1) is 6.83. The molecule has 2 aromatic rings. The van der Waals surface area contributed by atoms with Crippen LogP contribution in [0.3, 0.4) is 0 Å². The molecule has 0 saturated carbocycles. The molecule has 0 N–H and O–H groups in total. The number of nitrogens with zero attached hydrogens (tertiary/aromatic N) is 3. The fourth-order valence-electron chi connectivity index (χ4n) is 1.23. The van der Waals surface area contributed by atoms with Crippen LogP contribution in [-0.2, 0) is 6.54 Å². The minimum Gasteiger partial charge on any atom is -0.281 e. The van der Waals surface area contributed by atoms with Crippen LogP contribution in [0.15, 0.2) is 29.2 Å². The van der Waals surface area contributed by atoms with Gasteiger partial charge in [-0.25, -0.2) is 0 Å². The Kier molecular flexibility index (Phi) is 2.41. The second-order valence-electron chi connectivity index (χ2n) is 2.73. The largest absolute Gasteiger partial charge is 0.326 e. The highest BCUT2D eigenvalue weighted by Gasteiger charge is 2.09. The molecule has 0 aliphatic carbocycles. The predicted octanol–water partition coefficient (Wildman–Crippen LogP) is 1.39. The van der Waals surface area contributed by atoms with Crippen molar-refractivity contribution < 1.29 is 0 Å². The van der Waals surface area contributed by atoms with Crippen molar-refractivity contribution in [3.8, 4) is 11.5 Å². The molecule has 2 aromatic heterocycles. The molecule has 0 atom stereocenters. The molecule has 0 saturated heterocycles. The second-order valence-corrected chi connectivity index (χ2v) is 3.45. The zero-order chi connectivity index (χ0) is 9.97. The van der Waals surface area contributed by atoms with Gasteiger partial charge in [0.2, 0.25) is 0 Å². The molecule has 0 unspecified atom stereocenters. The van der Waals surface area contributed by atoms with E-state index >= 15 is 0 Å². The van der Waals surface area contributed by atoms with Crippen molar-refractivity contribution >= 4 is 11.5 Å². The summed E-state index contributed by atoms with van der Waals surface area (Å²) in [6, 6.07) is 5.57. The van der Waals surface area contributed by atoms with Crippen LogP contribution in [0.1, 0.15) is 6.92 Å². The molecule has 0 aliphatic heterocycles. The van der Waals surface area contributed by atoms with Crippen LogP contribution in [0.4, 0.5) is 0 Å². The van der Waals surface area contributed by atoms with Crippen LogP contribution >= 0.6 is 11.5 Å². The normalized spacial score (nSPS) is 10.4. The molecule has 0 bridgehead atoms. The SMILES string of the molecule is CCn1c(-c2ccccn2)nsc1=O. The van der Waals surface area contributed by atoms with E-state index in [1.807, 2.05) is 25.1 Å². The predicted molar refractivity (Wildman–Crippen MR) is 55.3 cm³/mol. The molecule has 14 heavy (non-hydrogen) atoms. The molecule has 0 fully saturated rings. The summed E-state index contributed by atoms with van der Waals surface area (Å²) in [6.45, 7) is 2.55. The third-order valence-electron chi connectivity index (χ3n) is 1.90. The van der Waals surface area contributed by atoms with Crippen LogP contribution in [-0.4, -0.2) is 13.9 Å². The molecule has 0 aromatic carbocycles. The van der Waals surface area contributed by atoms with Gasteiger partial charge >= 0.3 is 4.87 Å². The lowest BCUT2D eigenvalue weighted by Crippen LogP contribution is -2.12. The van der Waals surface area contributed by atoms with Crippen molar-refractivity contribution in [2.24, 2.45) is 0 Å². The van der Waals surface area contributed by atoms with Crippen molar-refractivity contribution in [2.75, 3.05) is 0 Å². The molecular formula is C9H9N3OS. The molecule has 72 valence electrons. The first-order valence-corrected chi connectivity index (χ1v) is 5.08. The average molecular weight is 207 g/mol. The highest BCUT2D eigenvalue weighted by Crippen LogP contribution is 2.12. The van der Waals surface area contributed by atoms with Gasteiger partial charge in [0.1, 0.15) is 5.69 Å². The average Bonchev–Trinajstić information content (AvgIpc) is 2.61. The van der Waals surface area contributed by atoms with Gasteiger partial charge in [-0.1, -0.05) is 6.07 Å². The monoisotopic (exact) mass is 207 g/mol. The highest BCUT2D eigenvalue weighted by molar-refractivity contribution is 7.03. The van der Waals surface area contributed by atoms with Crippen molar-refractivity contribution in [1.29, 1.82) is 0 Å². The molecule has 2 heterocycles. The van der Waals surface area contributed by atoms with Crippen LogP contribution in [0.25, 0.3) is 11.5 Å².